The molecule has 24 heavy (non-hydrogen) atoms. The maximum absolute atomic E-state index is 14.1. The first-order valence-electron chi connectivity index (χ1n) is 8.20. The molecule has 1 unspecified atom stereocenters. The molecule has 0 radical (unpaired) electrons. The minimum atomic E-state index is -3.31. The number of hydrogen-bond donors (Lipinski definition) is 1. The monoisotopic (exact) mass is 345 g/mol. The zero-order valence-electron chi connectivity index (χ0n) is 14.1. The number of nitrogens with zero attached hydrogens (tertiary/aromatic N) is 1. The number of carbonyl (C=O) groups is 1. The van der Waals surface area contributed by atoms with Crippen molar-refractivity contribution in [3.8, 4) is 0 Å². The van der Waals surface area contributed by atoms with Crippen LogP contribution in [0.5, 0.6) is 0 Å². The van der Waals surface area contributed by atoms with Gasteiger partial charge in [0.2, 0.25) is 0 Å². The zero-order valence-corrected chi connectivity index (χ0v) is 15.0. The maximum Gasteiger partial charge on any atom is 0.315 e. The maximum atomic E-state index is 14.1. The van der Waals surface area contributed by atoms with Crippen LogP contribution in [0.25, 0.3) is 0 Å². The summed E-state index contributed by atoms with van der Waals surface area (Å²) in [5.74, 6) is -1.02. The lowest BCUT2D eigenvalue weighted by atomic mass is 10.3. The highest BCUT2D eigenvalue weighted by molar-refractivity contribution is 7.80. The van der Waals surface area contributed by atoms with Crippen LogP contribution in [0.4, 0.5) is 0 Å². The Hall–Kier alpha value is -1.90. The molecule has 0 saturated heterocycles. The van der Waals surface area contributed by atoms with Crippen LogP contribution in [0.15, 0.2) is 60.7 Å². The number of benzene rings is 2. The Morgan fingerprint density at radius 1 is 0.958 bits per heavy atom. The molecule has 0 saturated carbocycles. The molecule has 0 bridgehead atoms. The van der Waals surface area contributed by atoms with Gasteiger partial charge in [0, 0.05) is 17.2 Å². The first-order valence-corrected chi connectivity index (χ1v) is 9.97. The Balaban J connectivity index is 2.60. The van der Waals surface area contributed by atoms with Gasteiger partial charge < -0.3 is 14.6 Å². The van der Waals surface area contributed by atoms with Gasteiger partial charge >= 0.3 is 5.97 Å². The number of rotatable bonds is 8. The van der Waals surface area contributed by atoms with Gasteiger partial charge in [-0.25, -0.2) is 0 Å². The molecule has 0 aromatic heterocycles. The van der Waals surface area contributed by atoms with E-state index in [-0.39, 0.29) is 6.54 Å². The van der Waals surface area contributed by atoms with Crippen LogP contribution >= 0.6 is 7.14 Å². The number of aliphatic carboxylic acids is 1. The topological polar surface area (TPSA) is 57.6 Å². The van der Waals surface area contributed by atoms with Crippen molar-refractivity contribution in [3.05, 3.63) is 60.7 Å². The summed E-state index contributed by atoms with van der Waals surface area (Å²) in [7, 11) is -3.31. The van der Waals surface area contributed by atoms with Crippen LogP contribution in [0.3, 0.4) is 0 Å². The van der Waals surface area contributed by atoms with E-state index in [2.05, 4.69) is 0 Å². The molecule has 4 nitrogen and oxygen atoms in total. The Kier molecular flexibility index (Phi) is 6.36. The number of hydrogen-bond acceptors (Lipinski definition) is 3. The highest BCUT2D eigenvalue weighted by Gasteiger charge is 2.42. The summed E-state index contributed by atoms with van der Waals surface area (Å²) in [4.78, 5) is 14.1. The third kappa shape index (κ3) is 3.77. The van der Waals surface area contributed by atoms with Crippen molar-refractivity contribution in [3.63, 3.8) is 0 Å². The normalized spacial score (nSPS) is 13.0. The van der Waals surface area contributed by atoms with E-state index in [1.807, 2.05) is 30.9 Å². The molecule has 128 valence electrons. The molecule has 0 spiro atoms. The van der Waals surface area contributed by atoms with Crippen molar-refractivity contribution in [2.45, 2.75) is 19.5 Å². The standard InChI is InChI=1S/C19H24NO3P/c1-3-20(4-2)15-18(19(21)22)24(23,16-11-7-5-8-12-16)17-13-9-6-10-14-17/h5-14,18H,3-4,15H2,1-2H3,(H,21,22). The van der Waals surface area contributed by atoms with Gasteiger partial charge in [-0.05, 0) is 13.1 Å². The van der Waals surface area contributed by atoms with Gasteiger partial charge in [0.05, 0.1) is 0 Å². The van der Waals surface area contributed by atoms with E-state index in [9.17, 15) is 14.5 Å². The van der Waals surface area contributed by atoms with Crippen LogP contribution in [0.2, 0.25) is 0 Å². The molecule has 0 fully saturated rings. The molecule has 0 heterocycles. The van der Waals surface area contributed by atoms with Gasteiger partial charge in [-0.15, -0.1) is 0 Å². The van der Waals surface area contributed by atoms with E-state index in [0.29, 0.717) is 10.6 Å². The third-order valence-electron chi connectivity index (χ3n) is 4.33. The van der Waals surface area contributed by atoms with Gasteiger partial charge in [-0.3, -0.25) is 4.79 Å². The van der Waals surface area contributed by atoms with E-state index in [4.69, 9.17) is 0 Å². The molecular weight excluding hydrogens is 321 g/mol. The van der Waals surface area contributed by atoms with Crippen molar-refractivity contribution < 1.29 is 14.5 Å². The highest BCUT2D eigenvalue weighted by atomic mass is 31.2. The van der Waals surface area contributed by atoms with Crippen molar-refractivity contribution >= 4 is 23.7 Å². The first kappa shape index (κ1) is 18.4. The minimum Gasteiger partial charge on any atom is -0.481 e. The van der Waals surface area contributed by atoms with Gasteiger partial charge in [0.1, 0.15) is 5.66 Å². The lowest BCUT2D eigenvalue weighted by Gasteiger charge is -2.30. The highest BCUT2D eigenvalue weighted by Crippen LogP contribution is 2.49. The van der Waals surface area contributed by atoms with Crippen LogP contribution in [0.1, 0.15) is 13.8 Å². The fourth-order valence-electron chi connectivity index (χ4n) is 2.88. The smallest absolute Gasteiger partial charge is 0.315 e. The average molecular weight is 345 g/mol. The number of carboxylic acid groups (broad SMARTS) is 1. The molecule has 5 heteroatoms. The average Bonchev–Trinajstić information content (AvgIpc) is 2.63. The van der Waals surface area contributed by atoms with Crippen molar-refractivity contribution in [2.24, 2.45) is 0 Å². The van der Waals surface area contributed by atoms with Crippen molar-refractivity contribution in [1.82, 2.24) is 4.90 Å². The minimum absolute atomic E-state index is 0.267. The van der Waals surface area contributed by atoms with Crippen molar-refractivity contribution in [2.75, 3.05) is 19.6 Å². The van der Waals surface area contributed by atoms with E-state index in [1.165, 1.54) is 0 Å². The molecule has 0 aliphatic heterocycles. The molecule has 0 amide bonds. The van der Waals surface area contributed by atoms with E-state index in [0.717, 1.165) is 13.1 Å². The molecule has 0 aliphatic carbocycles. The third-order valence-corrected chi connectivity index (χ3v) is 7.72. The Bertz CT molecular complexity index is 656. The van der Waals surface area contributed by atoms with Gasteiger partial charge in [0.25, 0.3) is 0 Å². The molecule has 2 aromatic rings. The summed E-state index contributed by atoms with van der Waals surface area (Å²) in [6, 6.07) is 18.0. The first-order chi connectivity index (χ1) is 11.5. The molecule has 1 atom stereocenters. The van der Waals surface area contributed by atoms with Crippen molar-refractivity contribution in [1.29, 1.82) is 0 Å². The van der Waals surface area contributed by atoms with Gasteiger partial charge in [-0.2, -0.15) is 0 Å². The predicted molar refractivity (Wildman–Crippen MR) is 99.0 cm³/mol. The van der Waals surface area contributed by atoms with Gasteiger partial charge in [0.15, 0.2) is 7.14 Å². The molecule has 0 aliphatic rings. The second-order valence-corrected chi connectivity index (χ2v) is 8.64. The van der Waals surface area contributed by atoms with Crippen LogP contribution < -0.4 is 10.6 Å². The Morgan fingerprint density at radius 2 is 1.38 bits per heavy atom. The summed E-state index contributed by atoms with van der Waals surface area (Å²) in [6.45, 7) is 5.69. The molecular formula is C19H24NO3P. The van der Waals surface area contributed by atoms with E-state index >= 15 is 0 Å². The van der Waals surface area contributed by atoms with Crippen LogP contribution in [-0.4, -0.2) is 41.3 Å². The Labute approximate surface area is 143 Å². The predicted octanol–water partition coefficient (Wildman–Crippen LogP) is 2.80. The molecule has 2 aromatic carbocycles. The van der Waals surface area contributed by atoms with Gasteiger partial charge in [-0.1, -0.05) is 74.5 Å². The van der Waals surface area contributed by atoms with Crippen LogP contribution in [-0.2, 0) is 9.36 Å². The summed E-state index contributed by atoms with van der Waals surface area (Å²) in [6.07, 6.45) is 0. The Morgan fingerprint density at radius 3 is 1.71 bits per heavy atom. The second kappa shape index (κ2) is 8.27. The zero-order chi connectivity index (χ0) is 17.6. The lowest BCUT2D eigenvalue weighted by Crippen LogP contribution is -2.41. The second-order valence-electron chi connectivity index (χ2n) is 5.67. The summed E-state index contributed by atoms with van der Waals surface area (Å²) < 4.78 is 14.1. The summed E-state index contributed by atoms with van der Waals surface area (Å²) >= 11 is 0. The summed E-state index contributed by atoms with van der Waals surface area (Å²) in [5.41, 5.74) is -0.970. The summed E-state index contributed by atoms with van der Waals surface area (Å²) in [5, 5.41) is 11.1. The quantitative estimate of drug-likeness (QED) is 0.748. The molecule has 2 rings (SSSR count). The van der Waals surface area contributed by atoms with E-state index < -0.39 is 18.8 Å². The van der Waals surface area contributed by atoms with Crippen LogP contribution in [0, 0.1) is 0 Å². The lowest BCUT2D eigenvalue weighted by molar-refractivity contribution is -0.136. The molecule has 1 N–H and O–H groups in total. The number of carboxylic acids is 1. The largest absolute Gasteiger partial charge is 0.481 e. The van der Waals surface area contributed by atoms with E-state index in [1.54, 1.807) is 48.5 Å². The SMILES string of the molecule is CCN(CC)CC(C(=O)O)P(=O)(c1ccccc1)c1ccccc1. The fraction of sp³-hybridized carbons (Fsp3) is 0.316. The fourth-order valence-corrected chi connectivity index (χ4v) is 5.90.